The minimum absolute atomic E-state index is 0.118. The fourth-order valence-corrected chi connectivity index (χ4v) is 8.89. The van der Waals surface area contributed by atoms with Crippen LogP contribution in [-0.4, -0.2) is 23.7 Å². The second-order valence-electron chi connectivity index (χ2n) is 11.5. The minimum Gasteiger partial charge on any atom is -0.393 e. The second kappa shape index (κ2) is 7.67. The number of carbonyl (C=O) groups is 1. The summed E-state index contributed by atoms with van der Waals surface area (Å²) < 4.78 is 12.6. The molecule has 0 saturated heterocycles. The van der Waals surface area contributed by atoms with Crippen LogP contribution in [-0.2, 0) is 4.79 Å². The molecule has 0 radical (unpaired) electrons. The lowest BCUT2D eigenvalue weighted by Gasteiger charge is -2.62. The van der Waals surface area contributed by atoms with Crippen LogP contribution in [0.15, 0.2) is 0 Å². The maximum atomic E-state index is 12.6. The normalized spacial score (nSPS) is 49.0. The number of rotatable bonds is 5. The van der Waals surface area contributed by atoms with E-state index in [0.29, 0.717) is 41.4 Å². The summed E-state index contributed by atoms with van der Waals surface area (Å²) in [5.74, 6) is 3.38. The summed E-state index contributed by atoms with van der Waals surface area (Å²) in [4.78, 5) is 11.5. The van der Waals surface area contributed by atoms with E-state index in [1.54, 1.807) is 0 Å². The van der Waals surface area contributed by atoms with Gasteiger partial charge >= 0.3 is 0 Å². The Morgan fingerprint density at radius 3 is 2.57 bits per heavy atom. The molecule has 4 rings (SSSR count). The Bertz CT molecular complexity index is 591. The van der Waals surface area contributed by atoms with E-state index in [1.165, 1.54) is 51.4 Å². The van der Waals surface area contributed by atoms with Gasteiger partial charge in [-0.05, 0) is 97.7 Å². The summed E-state index contributed by atoms with van der Waals surface area (Å²) in [7, 11) is 0. The van der Waals surface area contributed by atoms with Crippen molar-refractivity contribution in [2.24, 2.45) is 46.3 Å². The van der Waals surface area contributed by atoms with Gasteiger partial charge in [-0.25, -0.2) is 4.39 Å². The number of aliphatic hydroxyl groups excluding tert-OH is 1. The van der Waals surface area contributed by atoms with E-state index in [2.05, 4.69) is 20.8 Å². The third-order valence-corrected chi connectivity index (χ3v) is 10.4. The van der Waals surface area contributed by atoms with Crippen LogP contribution in [0.5, 0.6) is 0 Å². The first-order chi connectivity index (χ1) is 13.3. The van der Waals surface area contributed by atoms with Crippen LogP contribution < -0.4 is 0 Å². The number of alkyl halides is 1. The van der Waals surface area contributed by atoms with Gasteiger partial charge in [-0.3, -0.25) is 4.79 Å². The second-order valence-corrected chi connectivity index (χ2v) is 11.5. The zero-order chi connectivity index (χ0) is 20.1. The number of aliphatic hydroxyl groups is 1. The molecule has 0 bridgehead atoms. The molecule has 0 aromatic heterocycles. The van der Waals surface area contributed by atoms with Gasteiger partial charge in [0.15, 0.2) is 5.78 Å². The molecule has 3 heteroatoms. The first kappa shape index (κ1) is 20.8. The van der Waals surface area contributed by atoms with Gasteiger partial charge < -0.3 is 5.11 Å². The first-order valence-electron chi connectivity index (χ1n) is 12.1. The molecule has 2 nitrogen and oxygen atoms in total. The largest absolute Gasteiger partial charge is 0.393 e. The average Bonchev–Trinajstić information content (AvgIpc) is 3.03. The monoisotopic (exact) mass is 392 g/mol. The third-order valence-electron chi connectivity index (χ3n) is 10.4. The van der Waals surface area contributed by atoms with Crippen molar-refractivity contribution in [3.8, 4) is 0 Å². The summed E-state index contributed by atoms with van der Waals surface area (Å²) in [5, 5.41) is 11.3. The summed E-state index contributed by atoms with van der Waals surface area (Å²) >= 11 is 0. The summed E-state index contributed by atoms with van der Waals surface area (Å²) in [5.41, 5.74) is 0.735. The molecule has 160 valence electrons. The molecule has 4 aliphatic carbocycles. The Morgan fingerprint density at radius 1 is 1.07 bits per heavy atom. The van der Waals surface area contributed by atoms with Crippen molar-refractivity contribution in [3.63, 3.8) is 0 Å². The molecule has 0 spiro atoms. The van der Waals surface area contributed by atoms with Crippen LogP contribution >= 0.6 is 0 Å². The van der Waals surface area contributed by atoms with Crippen molar-refractivity contribution in [2.75, 3.05) is 6.67 Å². The van der Waals surface area contributed by atoms with Crippen LogP contribution in [0.3, 0.4) is 0 Å². The molecule has 4 fully saturated rings. The third kappa shape index (κ3) is 3.19. The maximum Gasteiger partial charge on any atom is 0.163 e. The molecule has 1 N–H and O–H groups in total. The highest BCUT2D eigenvalue weighted by atomic mass is 19.1. The number of hydrogen-bond acceptors (Lipinski definition) is 2. The molecule has 0 aromatic carbocycles. The average molecular weight is 393 g/mol. The molecule has 0 aromatic rings. The van der Waals surface area contributed by atoms with Gasteiger partial charge in [0.1, 0.15) is 6.67 Å². The van der Waals surface area contributed by atoms with E-state index < -0.39 is 6.67 Å². The number of halogens is 1. The highest BCUT2D eigenvalue weighted by Gasteiger charge is 2.62. The predicted molar refractivity (Wildman–Crippen MR) is 111 cm³/mol. The Hall–Kier alpha value is -0.440. The lowest BCUT2D eigenvalue weighted by atomic mass is 9.44. The van der Waals surface area contributed by atoms with E-state index in [-0.39, 0.29) is 17.3 Å². The van der Waals surface area contributed by atoms with Gasteiger partial charge in [0, 0.05) is 6.42 Å². The van der Waals surface area contributed by atoms with Crippen LogP contribution in [0.25, 0.3) is 0 Å². The van der Waals surface area contributed by atoms with Crippen molar-refractivity contribution < 1.29 is 14.3 Å². The molecule has 4 unspecified atom stereocenters. The molecule has 9 atom stereocenters. The highest BCUT2D eigenvalue weighted by Crippen LogP contribution is 2.68. The van der Waals surface area contributed by atoms with Crippen LogP contribution in [0.2, 0.25) is 0 Å². The minimum atomic E-state index is -0.813. The zero-order valence-electron chi connectivity index (χ0n) is 18.3. The SMILES string of the molecule is C[C@H](CCC(=O)CF)[C@H]1CC[C@H]2C3[C@H](O)CC4CCCCC4(C)[C@H]3CCC12C. The summed E-state index contributed by atoms with van der Waals surface area (Å²) in [6.45, 7) is 6.51. The summed E-state index contributed by atoms with van der Waals surface area (Å²) in [6.07, 6.45) is 12.5. The molecular weight excluding hydrogens is 351 g/mol. The van der Waals surface area contributed by atoms with Crippen LogP contribution in [0.1, 0.15) is 91.4 Å². The van der Waals surface area contributed by atoms with Crippen molar-refractivity contribution in [1.82, 2.24) is 0 Å². The van der Waals surface area contributed by atoms with Crippen LogP contribution in [0.4, 0.5) is 4.39 Å². The number of fused-ring (bicyclic) bond motifs is 5. The van der Waals surface area contributed by atoms with Gasteiger partial charge in [-0.15, -0.1) is 0 Å². The topological polar surface area (TPSA) is 37.3 Å². The zero-order valence-corrected chi connectivity index (χ0v) is 18.3. The van der Waals surface area contributed by atoms with Gasteiger partial charge in [-0.2, -0.15) is 0 Å². The van der Waals surface area contributed by atoms with E-state index in [9.17, 15) is 14.3 Å². The van der Waals surface area contributed by atoms with Gasteiger partial charge in [0.2, 0.25) is 0 Å². The van der Waals surface area contributed by atoms with Crippen molar-refractivity contribution in [1.29, 1.82) is 0 Å². The quantitative estimate of drug-likeness (QED) is 0.626. The lowest BCUT2D eigenvalue weighted by molar-refractivity contribution is -0.164. The lowest BCUT2D eigenvalue weighted by Crippen LogP contribution is -2.57. The van der Waals surface area contributed by atoms with Gasteiger partial charge in [-0.1, -0.05) is 33.6 Å². The first-order valence-corrected chi connectivity index (χ1v) is 12.1. The molecule has 4 saturated carbocycles. The molecule has 0 heterocycles. The van der Waals surface area contributed by atoms with Crippen molar-refractivity contribution >= 4 is 5.78 Å². The Morgan fingerprint density at radius 2 is 1.82 bits per heavy atom. The summed E-state index contributed by atoms with van der Waals surface area (Å²) in [6, 6.07) is 0. The fourth-order valence-electron chi connectivity index (χ4n) is 8.89. The number of Topliss-reactive ketones (excluding diaryl/α,β-unsaturated/α-hetero) is 1. The number of ketones is 1. The Kier molecular flexibility index (Phi) is 5.70. The molecule has 0 amide bonds. The predicted octanol–water partition coefficient (Wildman–Crippen LogP) is 5.96. The van der Waals surface area contributed by atoms with Crippen molar-refractivity contribution in [2.45, 2.75) is 97.5 Å². The van der Waals surface area contributed by atoms with E-state index in [0.717, 1.165) is 18.8 Å². The smallest absolute Gasteiger partial charge is 0.163 e. The fraction of sp³-hybridized carbons (Fsp3) is 0.960. The van der Waals surface area contributed by atoms with E-state index in [4.69, 9.17) is 0 Å². The Labute approximate surface area is 171 Å². The molecular formula is C25H41FO2. The Balaban J connectivity index is 1.53. The van der Waals surface area contributed by atoms with Crippen molar-refractivity contribution in [3.05, 3.63) is 0 Å². The van der Waals surface area contributed by atoms with Gasteiger partial charge in [0.25, 0.3) is 0 Å². The highest BCUT2D eigenvalue weighted by molar-refractivity contribution is 5.79. The molecule has 4 aliphatic rings. The standard InChI is InChI=1S/C25H41FO2/c1-16(7-8-18(27)15-26)19-9-10-20-23-21(11-13-25(19,20)3)24(2)12-5-4-6-17(24)14-22(23)28/h16-17,19-23,28H,4-15H2,1-3H3/t16-,17?,19-,20+,21+,22-,23?,24?,25?/m1/s1. The molecule has 0 aliphatic heterocycles. The number of carbonyl (C=O) groups excluding carboxylic acids is 1. The van der Waals surface area contributed by atoms with Gasteiger partial charge in [0.05, 0.1) is 6.10 Å². The van der Waals surface area contributed by atoms with Crippen LogP contribution in [0, 0.1) is 46.3 Å². The molecule has 28 heavy (non-hydrogen) atoms. The van der Waals surface area contributed by atoms with E-state index >= 15 is 0 Å². The van der Waals surface area contributed by atoms with E-state index in [1.807, 2.05) is 0 Å². The number of hydrogen-bond donors (Lipinski definition) is 1. The maximum absolute atomic E-state index is 12.6.